The topological polar surface area (TPSA) is 54.9 Å². The predicted molar refractivity (Wildman–Crippen MR) is 74.1 cm³/mol. The first-order valence-corrected chi connectivity index (χ1v) is 6.27. The smallest absolute Gasteiger partial charge is 0.259 e. The van der Waals surface area contributed by atoms with Gasteiger partial charge in [-0.2, -0.15) is 0 Å². The van der Waals surface area contributed by atoms with E-state index in [4.69, 9.17) is 11.6 Å². The molecule has 1 aromatic heterocycles. The van der Waals surface area contributed by atoms with Crippen LogP contribution in [0.15, 0.2) is 30.5 Å². The Bertz CT molecular complexity index is 609. The van der Waals surface area contributed by atoms with E-state index >= 15 is 0 Å². The molecule has 1 amide bonds. The summed E-state index contributed by atoms with van der Waals surface area (Å²) in [5, 5.41) is 2.45. The van der Waals surface area contributed by atoms with Crippen LogP contribution in [0.2, 0.25) is 5.28 Å². The van der Waals surface area contributed by atoms with Gasteiger partial charge in [-0.15, -0.1) is 0 Å². The van der Waals surface area contributed by atoms with Crippen molar-refractivity contribution in [1.82, 2.24) is 9.97 Å². The molecule has 0 unspecified atom stereocenters. The molecule has 0 bridgehead atoms. The highest BCUT2D eigenvalue weighted by atomic mass is 127. The molecule has 7 heteroatoms. The van der Waals surface area contributed by atoms with Crippen molar-refractivity contribution in [3.8, 4) is 0 Å². The fraction of sp³-hybridized carbons (Fsp3) is 0. The molecule has 1 aromatic carbocycles. The summed E-state index contributed by atoms with van der Waals surface area (Å²) < 4.78 is 14.3. The van der Waals surface area contributed by atoms with Crippen molar-refractivity contribution >= 4 is 45.9 Å². The summed E-state index contributed by atoms with van der Waals surface area (Å²) >= 11 is 7.54. The predicted octanol–water partition coefficient (Wildman–Crippen LogP) is 3.13. The van der Waals surface area contributed by atoms with Crippen LogP contribution >= 0.6 is 34.2 Å². The Morgan fingerprint density at radius 1 is 1.39 bits per heavy atom. The molecule has 0 radical (unpaired) electrons. The molecule has 0 saturated carbocycles. The van der Waals surface area contributed by atoms with E-state index in [0.717, 1.165) is 0 Å². The molecule has 0 aliphatic carbocycles. The zero-order valence-corrected chi connectivity index (χ0v) is 11.7. The van der Waals surface area contributed by atoms with Gasteiger partial charge in [0.2, 0.25) is 5.28 Å². The van der Waals surface area contributed by atoms with Crippen molar-refractivity contribution in [3.05, 3.63) is 50.7 Å². The van der Waals surface area contributed by atoms with Gasteiger partial charge in [-0.3, -0.25) is 4.79 Å². The number of benzene rings is 1. The Labute approximate surface area is 121 Å². The van der Waals surface area contributed by atoms with Crippen LogP contribution in [-0.2, 0) is 0 Å². The average molecular weight is 378 g/mol. The maximum atomic E-state index is 13.6. The fourth-order valence-electron chi connectivity index (χ4n) is 1.26. The first-order valence-electron chi connectivity index (χ1n) is 4.81. The molecular formula is C11H6ClFIN3O. The maximum Gasteiger partial charge on any atom is 0.259 e. The second-order valence-corrected chi connectivity index (χ2v) is 4.87. The van der Waals surface area contributed by atoms with Gasteiger partial charge in [0.25, 0.3) is 5.91 Å². The summed E-state index contributed by atoms with van der Waals surface area (Å²) in [5.74, 6) is -0.948. The summed E-state index contributed by atoms with van der Waals surface area (Å²) in [6.45, 7) is 0. The number of hydrogen-bond acceptors (Lipinski definition) is 3. The molecule has 2 aromatic rings. The van der Waals surface area contributed by atoms with E-state index in [9.17, 15) is 9.18 Å². The minimum Gasteiger partial charge on any atom is -0.306 e. The molecule has 0 aliphatic heterocycles. The Kier molecular flexibility index (Phi) is 4.07. The van der Waals surface area contributed by atoms with Crippen molar-refractivity contribution in [3.63, 3.8) is 0 Å². The zero-order chi connectivity index (χ0) is 13.1. The SMILES string of the molecule is O=C(Nc1ccnc(Cl)n1)c1ccc(I)cc1F. The maximum absolute atomic E-state index is 13.6. The first kappa shape index (κ1) is 13.2. The summed E-state index contributed by atoms with van der Waals surface area (Å²) in [5.41, 5.74) is -0.0508. The molecule has 0 fully saturated rings. The van der Waals surface area contributed by atoms with Crippen molar-refractivity contribution in [2.24, 2.45) is 0 Å². The fourth-order valence-corrected chi connectivity index (χ4v) is 1.86. The quantitative estimate of drug-likeness (QED) is 0.646. The van der Waals surface area contributed by atoms with Gasteiger partial charge in [0.15, 0.2) is 0 Å². The van der Waals surface area contributed by atoms with Crippen LogP contribution in [0, 0.1) is 9.39 Å². The highest BCUT2D eigenvalue weighted by molar-refractivity contribution is 14.1. The number of amides is 1. The zero-order valence-electron chi connectivity index (χ0n) is 8.82. The van der Waals surface area contributed by atoms with Gasteiger partial charge >= 0.3 is 0 Å². The molecule has 18 heavy (non-hydrogen) atoms. The Morgan fingerprint density at radius 2 is 2.17 bits per heavy atom. The van der Waals surface area contributed by atoms with Gasteiger partial charge in [-0.25, -0.2) is 14.4 Å². The number of carbonyl (C=O) groups excluding carboxylic acids is 1. The molecule has 0 aliphatic rings. The van der Waals surface area contributed by atoms with E-state index in [2.05, 4.69) is 15.3 Å². The molecule has 0 saturated heterocycles. The van der Waals surface area contributed by atoms with Crippen LogP contribution < -0.4 is 5.32 Å². The minimum atomic E-state index is -0.585. The Hall–Kier alpha value is -1.28. The molecule has 0 spiro atoms. The van der Waals surface area contributed by atoms with Crippen LogP contribution in [0.1, 0.15) is 10.4 Å². The third kappa shape index (κ3) is 3.14. The summed E-state index contributed by atoms with van der Waals surface area (Å²) in [7, 11) is 0. The number of aromatic nitrogens is 2. The van der Waals surface area contributed by atoms with Gasteiger partial charge in [0.05, 0.1) is 5.56 Å². The van der Waals surface area contributed by atoms with E-state index in [-0.39, 0.29) is 16.7 Å². The van der Waals surface area contributed by atoms with Gasteiger partial charge < -0.3 is 5.32 Å². The second-order valence-electron chi connectivity index (χ2n) is 3.29. The number of rotatable bonds is 2. The second kappa shape index (κ2) is 5.57. The molecule has 92 valence electrons. The number of hydrogen-bond donors (Lipinski definition) is 1. The highest BCUT2D eigenvalue weighted by Crippen LogP contribution is 2.14. The van der Waals surface area contributed by atoms with E-state index in [1.807, 2.05) is 22.6 Å². The van der Waals surface area contributed by atoms with Gasteiger partial charge in [0, 0.05) is 9.77 Å². The molecule has 1 N–H and O–H groups in total. The van der Waals surface area contributed by atoms with Crippen molar-refractivity contribution in [2.45, 2.75) is 0 Å². The molecule has 1 heterocycles. The molecule has 2 rings (SSSR count). The molecule has 0 atom stereocenters. The third-order valence-corrected chi connectivity index (χ3v) is 2.90. The Balaban J connectivity index is 2.22. The lowest BCUT2D eigenvalue weighted by atomic mass is 10.2. The lowest BCUT2D eigenvalue weighted by Gasteiger charge is -2.05. The standard InChI is InChI=1S/C11H6ClFIN3O/c12-11-15-4-3-9(17-11)16-10(18)7-2-1-6(14)5-8(7)13/h1-5H,(H,15,16,17,18). The lowest BCUT2D eigenvalue weighted by molar-refractivity contribution is 0.102. The lowest BCUT2D eigenvalue weighted by Crippen LogP contribution is -2.14. The summed E-state index contributed by atoms with van der Waals surface area (Å²) in [6, 6.07) is 5.80. The monoisotopic (exact) mass is 377 g/mol. The number of halogens is 3. The minimum absolute atomic E-state index is 0.0101. The van der Waals surface area contributed by atoms with Crippen LogP contribution in [-0.4, -0.2) is 15.9 Å². The number of nitrogens with zero attached hydrogens (tertiary/aromatic N) is 2. The van der Waals surface area contributed by atoms with E-state index in [1.165, 1.54) is 24.4 Å². The summed E-state index contributed by atoms with van der Waals surface area (Å²) in [6.07, 6.45) is 1.40. The number of anilines is 1. The van der Waals surface area contributed by atoms with Crippen molar-refractivity contribution in [1.29, 1.82) is 0 Å². The van der Waals surface area contributed by atoms with E-state index in [1.54, 1.807) is 6.07 Å². The van der Waals surface area contributed by atoms with Crippen LogP contribution in [0.4, 0.5) is 10.2 Å². The van der Waals surface area contributed by atoms with Gasteiger partial charge in [-0.05, 0) is 58.5 Å². The first-order chi connectivity index (χ1) is 8.56. The number of carbonyl (C=O) groups is 1. The average Bonchev–Trinajstić information content (AvgIpc) is 2.28. The van der Waals surface area contributed by atoms with Crippen molar-refractivity contribution < 1.29 is 9.18 Å². The summed E-state index contributed by atoms with van der Waals surface area (Å²) in [4.78, 5) is 19.3. The van der Waals surface area contributed by atoms with Crippen LogP contribution in [0.3, 0.4) is 0 Å². The van der Waals surface area contributed by atoms with Gasteiger partial charge in [0.1, 0.15) is 11.6 Å². The van der Waals surface area contributed by atoms with Crippen LogP contribution in [0.5, 0.6) is 0 Å². The molecular weight excluding hydrogens is 371 g/mol. The van der Waals surface area contributed by atoms with Gasteiger partial charge in [-0.1, -0.05) is 0 Å². The van der Waals surface area contributed by atoms with E-state index in [0.29, 0.717) is 3.57 Å². The molecule has 4 nitrogen and oxygen atoms in total. The normalized spacial score (nSPS) is 10.2. The Morgan fingerprint density at radius 3 is 2.83 bits per heavy atom. The van der Waals surface area contributed by atoms with Crippen molar-refractivity contribution in [2.75, 3.05) is 5.32 Å². The van der Waals surface area contributed by atoms with E-state index < -0.39 is 11.7 Å². The highest BCUT2D eigenvalue weighted by Gasteiger charge is 2.12. The number of nitrogens with one attached hydrogen (secondary N) is 1. The largest absolute Gasteiger partial charge is 0.306 e. The third-order valence-electron chi connectivity index (χ3n) is 2.04. The van der Waals surface area contributed by atoms with Crippen LogP contribution in [0.25, 0.3) is 0 Å².